The summed E-state index contributed by atoms with van der Waals surface area (Å²) in [6, 6.07) is 8.46. The number of nitrogens with zero attached hydrogens (tertiary/aromatic N) is 3. The maximum absolute atomic E-state index is 14.8. The zero-order valence-electron chi connectivity index (χ0n) is 37.7. The molecule has 0 radical (unpaired) electrons. The molecule has 6 amide bonds. The number of carbonyl (C=O) groups is 6. The fourth-order valence-electron chi connectivity index (χ4n) is 8.32. The third kappa shape index (κ3) is 10.4. The number of phenols is 1. The Morgan fingerprint density at radius 1 is 0.652 bits per heavy atom. The molecule has 0 aliphatic carbocycles. The molecule has 356 valence electrons. The number of carbonyl (C=O) groups excluding carboxylic acids is 6. The maximum Gasteiger partial charge on any atom is 0.246 e. The molecule has 7 rings (SSSR count). The molecular weight excluding hydrogens is 861 g/mol. The van der Waals surface area contributed by atoms with Crippen molar-refractivity contribution in [3.63, 3.8) is 0 Å². The lowest BCUT2D eigenvalue weighted by molar-refractivity contribution is -0.277. The molecule has 4 aliphatic heterocycles. The molecule has 20 nitrogen and oxygen atoms in total. The van der Waals surface area contributed by atoms with E-state index in [0.717, 1.165) is 9.80 Å². The first-order valence-corrected chi connectivity index (χ1v) is 21.5. The average Bonchev–Trinajstić information content (AvgIpc) is 3.30. The molecular formula is C46H58N6O14. The summed E-state index contributed by atoms with van der Waals surface area (Å²) in [5.74, 6) is -3.89. The van der Waals surface area contributed by atoms with E-state index in [9.17, 15) is 54.3 Å². The van der Waals surface area contributed by atoms with Gasteiger partial charge in [-0.25, -0.2) is 0 Å². The molecule has 6 bridgehead atoms. The molecule has 3 aromatic carbocycles. The minimum absolute atomic E-state index is 0.0125. The maximum atomic E-state index is 14.8. The minimum atomic E-state index is -1.76. The Kier molecular flexibility index (Phi) is 15.2. The van der Waals surface area contributed by atoms with Gasteiger partial charge in [-0.05, 0) is 67.8 Å². The van der Waals surface area contributed by atoms with Gasteiger partial charge in [0, 0.05) is 51.5 Å². The van der Waals surface area contributed by atoms with Gasteiger partial charge in [-0.3, -0.25) is 28.8 Å². The molecule has 0 unspecified atom stereocenters. The van der Waals surface area contributed by atoms with E-state index < -0.39 is 109 Å². The Morgan fingerprint density at radius 3 is 1.86 bits per heavy atom. The van der Waals surface area contributed by atoms with Gasteiger partial charge in [-0.15, -0.1) is 0 Å². The van der Waals surface area contributed by atoms with E-state index >= 15 is 0 Å². The van der Waals surface area contributed by atoms with Crippen molar-refractivity contribution >= 4 is 35.4 Å². The normalized spacial score (nSPS) is 29.4. The predicted octanol–water partition coefficient (Wildman–Crippen LogP) is -1.40. The van der Waals surface area contributed by atoms with Crippen LogP contribution in [-0.2, 0) is 52.8 Å². The van der Waals surface area contributed by atoms with Crippen molar-refractivity contribution in [1.29, 1.82) is 0 Å². The molecule has 0 saturated carbocycles. The molecule has 11 atom stereocenters. The molecule has 0 spiro atoms. The summed E-state index contributed by atoms with van der Waals surface area (Å²) in [4.78, 5) is 88.9. The Morgan fingerprint density at radius 2 is 1.23 bits per heavy atom. The number of hydrogen-bond donors (Lipinski definition) is 8. The van der Waals surface area contributed by atoms with E-state index in [-0.39, 0.29) is 41.9 Å². The summed E-state index contributed by atoms with van der Waals surface area (Å²) < 4.78 is 16.9. The first-order chi connectivity index (χ1) is 31.2. The van der Waals surface area contributed by atoms with Gasteiger partial charge in [0.1, 0.15) is 77.9 Å². The summed E-state index contributed by atoms with van der Waals surface area (Å²) in [5, 5.41) is 60.9. The van der Waals surface area contributed by atoms with Crippen LogP contribution < -0.4 is 25.4 Å². The summed E-state index contributed by atoms with van der Waals surface area (Å²) in [5.41, 5.74) is 1.88. The second-order valence-corrected chi connectivity index (χ2v) is 17.0. The van der Waals surface area contributed by atoms with Crippen molar-refractivity contribution in [2.24, 2.45) is 0 Å². The van der Waals surface area contributed by atoms with Gasteiger partial charge in [0.2, 0.25) is 41.7 Å². The highest BCUT2D eigenvalue weighted by molar-refractivity contribution is 5.98. The monoisotopic (exact) mass is 918 g/mol. The minimum Gasteiger partial charge on any atom is -0.507 e. The molecule has 4 heterocycles. The fourth-order valence-corrected chi connectivity index (χ4v) is 8.32. The van der Waals surface area contributed by atoms with E-state index in [1.807, 2.05) is 0 Å². The van der Waals surface area contributed by atoms with Gasteiger partial charge in [0.15, 0.2) is 0 Å². The highest BCUT2D eigenvalue weighted by atomic mass is 16.7. The quantitative estimate of drug-likeness (QED) is 0.141. The van der Waals surface area contributed by atoms with E-state index in [0.29, 0.717) is 22.4 Å². The van der Waals surface area contributed by atoms with E-state index in [4.69, 9.17) is 14.2 Å². The van der Waals surface area contributed by atoms with Crippen LogP contribution in [0.4, 0.5) is 0 Å². The number of benzene rings is 3. The Hall–Kier alpha value is -6.32. The number of hydrogen-bond acceptors (Lipinski definition) is 14. The van der Waals surface area contributed by atoms with Crippen LogP contribution in [0.15, 0.2) is 60.7 Å². The number of rotatable bonds is 6. The number of aromatic hydroxyl groups is 1. The number of nitrogens with one attached hydrogen (secondary N) is 3. The zero-order valence-corrected chi connectivity index (χ0v) is 37.7. The van der Waals surface area contributed by atoms with Gasteiger partial charge < -0.3 is 70.4 Å². The number of fused-ring (bicyclic) bond motifs is 2. The van der Waals surface area contributed by atoms with Crippen molar-refractivity contribution in [2.75, 3.05) is 34.9 Å². The van der Waals surface area contributed by atoms with Crippen molar-refractivity contribution in [3.05, 3.63) is 77.4 Å². The number of aliphatic hydroxyl groups excluding tert-OH is 4. The third-order valence-electron chi connectivity index (χ3n) is 12.5. The summed E-state index contributed by atoms with van der Waals surface area (Å²) >= 11 is 0. The van der Waals surface area contributed by atoms with Gasteiger partial charge >= 0.3 is 0 Å². The second-order valence-electron chi connectivity index (χ2n) is 17.0. The topological polar surface area (TPSA) is 277 Å². The smallest absolute Gasteiger partial charge is 0.246 e. The molecule has 2 fully saturated rings. The molecule has 2 saturated heterocycles. The molecule has 4 aliphatic rings. The Labute approximate surface area is 381 Å². The van der Waals surface area contributed by atoms with Crippen LogP contribution in [0.5, 0.6) is 17.2 Å². The lowest BCUT2D eigenvalue weighted by atomic mass is 9.95. The number of aliphatic hydroxyl groups is 4. The highest BCUT2D eigenvalue weighted by Crippen LogP contribution is 2.40. The number of phenolic OH excluding ortho intramolecular Hbond substituents is 1. The highest BCUT2D eigenvalue weighted by Gasteiger charge is 2.45. The molecule has 3 aromatic rings. The second kappa shape index (κ2) is 20.5. The summed E-state index contributed by atoms with van der Waals surface area (Å²) in [7, 11) is 5.67. The molecule has 8 N–H and O–H groups in total. The number of ether oxygens (including phenoxy) is 3. The number of methoxy groups -OCH3 is 1. The summed E-state index contributed by atoms with van der Waals surface area (Å²) in [6.45, 7) is 3.57. The number of amides is 6. The van der Waals surface area contributed by atoms with Gasteiger partial charge in [0.25, 0.3) is 0 Å². The Bertz CT molecular complexity index is 2310. The Balaban J connectivity index is 1.42. The third-order valence-corrected chi connectivity index (χ3v) is 12.5. The first kappa shape index (κ1) is 49.1. The van der Waals surface area contributed by atoms with Gasteiger partial charge in [0.05, 0.1) is 13.7 Å². The lowest BCUT2D eigenvalue weighted by Crippen LogP contribution is -2.61. The van der Waals surface area contributed by atoms with Crippen molar-refractivity contribution < 1.29 is 68.5 Å². The molecule has 66 heavy (non-hydrogen) atoms. The average molecular weight is 919 g/mol. The van der Waals surface area contributed by atoms with Crippen molar-refractivity contribution in [2.45, 2.75) is 107 Å². The SMILES string of the molecule is COc1ccc(C[C@H]2C(=O)N[C@@H](C)C(=O)N(C)[C@H]3Cc4ccc(c(O)c4)-c4cc(ccc4O[C@@H]4O[C@H](CO)[C@@H](O)[C@H](O)[C@H]4O)C[C@@H](C(=O)N[C@H](C)C(=O)N[C@@H](C)C(=O)N2C)N(C)C3=O)cc1. The van der Waals surface area contributed by atoms with Crippen LogP contribution in [0.25, 0.3) is 11.1 Å². The van der Waals surface area contributed by atoms with Crippen molar-refractivity contribution in [1.82, 2.24) is 30.7 Å². The van der Waals surface area contributed by atoms with Crippen LogP contribution >= 0.6 is 0 Å². The van der Waals surface area contributed by atoms with Crippen LogP contribution in [0.3, 0.4) is 0 Å². The lowest BCUT2D eigenvalue weighted by Gasteiger charge is -2.39. The van der Waals surface area contributed by atoms with Crippen LogP contribution in [0, 0.1) is 0 Å². The van der Waals surface area contributed by atoms with E-state index in [1.54, 1.807) is 48.5 Å². The van der Waals surface area contributed by atoms with E-state index in [1.165, 1.54) is 66.1 Å². The molecule has 20 heteroatoms. The summed E-state index contributed by atoms with van der Waals surface area (Å²) in [6.07, 6.45) is -8.39. The zero-order chi connectivity index (χ0) is 48.3. The largest absolute Gasteiger partial charge is 0.507 e. The molecule has 0 aromatic heterocycles. The number of likely N-dealkylation sites (N-methyl/N-ethyl adjacent to an activating group) is 3. The van der Waals surface area contributed by atoms with Crippen LogP contribution in [0.1, 0.15) is 37.5 Å². The van der Waals surface area contributed by atoms with E-state index in [2.05, 4.69) is 16.0 Å². The van der Waals surface area contributed by atoms with Crippen LogP contribution in [-0.4, -0.2) is 177 Å². The van der Waals surface area contributed by atoms with Gasteiger partial charge in [-0.1, -0.05) is 30.3 Å². The van der Waals surface area contributed by atoms with Gasteiger partial charge in [-0.2, -0.15) is 0 Å². The first-order valence-electron chi connectivity index (χ1n) is 21.5. The van der Waals surface area contributed by atoms with Crippen molar-refractivity contribution in [3.8, 4) is 28.4 Å². The fraction of sp³-hybridized carbons (Fsp3) is 0.478. The van der Waals surface area contributed by atoms with Crippen LogP contribution in [0.2, 0.25) is 0 Å². The standard InChI is InChI=1S/C46H58N6O14/c1-22-40(58)48-23(2)43(61)50(4)31(17-25-8-12-28(64-7)13-9-25)42(60)49-24(3)44(62)52(6)33-19-27-10-14-29(34(54)20-27)30-16-26(18-32(41(59)47-22)51(5)45(33)63)11-15-35(30)65-46-39(57)38(56)37(55)36(21-53)66-46/h8-16,20,22-24,31-33,36-39,46,53-57H,17-19,21H2,1-7H3,(H,47,59)(H,48,58)(H,49,60)/t22-,23+,24+,31+,32+,33+,36-,37-,38+,39-,46-/m1/s1. The predicted molar refractivity (Wildman–Crippen MR) is 235 cm³/mol.